The Morgan fingerprint density at radius 3 is 2.30 bits per heavy atom. The number of benzene rings is 2. The molecule has 0 unspecified atom stereocenters. The molecule has 0 aliphatic heterocycles. The standard InChI is InChI=1S/C19H23ClN2S/c1-14(2)16-7-11-18(12-8-16)22-19(23)21-13-3-4-15-5-9-17(20)10-6-15/h5-12,14H,3-4,13H2,1-2H3,(H2,21,22,23). The number of anilines is 1. The first-order valence-electron chi connectivity index (χ1n) is 7.94. The normalized spacial score (nSPS) is 10.6. The van der Waals surface area contributed by atoms with Crippen LogP contribution >= 0.6 is 23.8 Å². The van der Waals surface area contributed by atoms with E-state index in [0.717, 1.165) is 30.1 Å². The Bertz CT molecular complexity index is 621. The second kappa shape index (κ2) is 8.90. The first kappa shape index (κ1) is 17.8. The van der Waals surface area contributed by atoms with Crippen LogP contribution in [0.1, 0.15) is 37.3 Å². The Morgan fingerprint density at radius 1 is 1.04 bits per heavy atom. The summed E-state index contributed by atoms with van der Waals surface area (Å²) in [6, 6.07) is 16.4. The minimum atomic E-state index is 0.544. The second-order valence-electron chi connectivity index (χ2n) is 5.89. The highest BCUT2D eigenvalue weighted by Gasteiger charge is 2.01. The van der Waals surface area contributed by atoms with Gasteiger partial charge in [-0.15, -0.1) is 0 Å². The quantitative estimate of drug-likeness (QED) is 0.542. The zero-order valence-electron chi connectivity index (χ0n) is 13.6. The third-order valence-corrected chi connectivity index (χ3v) is 4.17. The number of rotatable bonds is 6. The molecule has 0 radical (unpaired) electrons. The van der Waals surface area contributed by atoms with Crippen LogP contribution in [-0.2, 0) is 6.42 Å². The number of hydrogen-bond donors (Lipinski definition) is 2. The molecule has 0 bridgehead atoms. The van der Waals surface area contributed by atoms with E-state index in [1.807, 2.05) is 12.1 Å². The third-order valence-electron chi connectivity index (χ3n) is 3.68. The van der Waals surface area contributed by atoms with E-state index < -0.39 is 0 Å². The van der Waals surface area contributed by atoms with Gasteiger partial charge >= 0.3 is 0 Å². The topological polar surface area (TPSA) is 24.1 Å². The lowest BCUT2D eigenvalue weighted by Gasteiger charge is -2.12. The van der Waals surface area contributed by atoms with Gasteiger partial charge < -0.3 is 10.6 Å². The summed E-state index contributed by atoms with van der Waals surface area (Å²) in [6.45, 7) is 5.23. The van der Waals surface area contributed by atoms with Gasteiger partial charge in [0.1, 0.15) is 0 Å². The number of halogens is 1. The molecule has 0 fully saturated rings. The van der Waals surface area contributed by atoms with Gasteiger partial charge in [0.05, 0.1) is 0 Å². The van der Waals surface area contributed by atoms with Crippen molar-refractivity contribution in [2.75, 3.05) is 11.9 Å². The van der Waals surface area contributed by atoms with Crippen molar-refractivity contribution in [3.8, 4) is 0 Å². The van der Waals surface area contributed by atoms with Crippen molar-refractivity contribution in [1.29, 1.82) is 0 Å². The predicted molar refractivity (Wildman–Crippen MR) is 105 cm³/mol. The van der Waals surface area contributed by atoms with Crippen molar-refractivity contribution in [3.63, 3.8) is 0 Å². The van der Waals surface area contributed by atoms with E-state index in [4.69, 9.17) is 23.8 Å². The van der Waals surface area contributed by atoms with E-state index in [2.05, 4.69) is 60.9 Å². The SMILES string of the molecule is CC(C)c1ccc(NC(=S)NCCCc2ccc(Cl)cc2)cc1. The Balaban J connectivity index is 1.69. The molecule has 0 aromatic heterocycles. The molecular weight excluding hydrogens is 324 g/mol. The van der Waals surface area contributed by atoms with E-state index in [1.54, 1.807) is 0 Å². The van der Waals surface area contributed by atoms with Crippen LogP contribution in [-0.4, -0.2) is 11.7 Å². The molecule has 2 nitrogen and oxygen atoms in total. The monoisotopic (exact) mass is 346 g/mol. The molecule has 0 saturated carbocycles. The van der Waals surface area contributed by atoms with Gasteiger partial charge in [0.2, 0.25) is 0 Å². The molecule has 122 valence electrons. The molecule has 2 aromatic rings. The van der Waals surface area contributed by atoms with Crippen molar-refractivity contribution in [3.05, 3.63) is 64.7 Å². The van der Waals surface area contributed by atoms with Gasteiger partial charge in [-0.2, -0.15) is 0 Å². The lowest BCUT2D eigenvalue weighted by atomic mass is 10.0. The van der Waals surface area contributed by atoms with E-state index >= 15 is 0 Å². The average Bonchev–Trinajstić information content (AvgIpc) is 2.54. The highest BCUT2D eigenvalue weighted by molar-refractivity contribution is 7.80. The van der Waals surface area contributed by atoms with Crippen LogP contribution in [0, 0.1) is 0 Å². The van der Waals surface area contributed by atoms with Crippen LogP contribution in [0.2, 0.25) is 5.02 Å². The van der Waals surface area contributed by atoms with Crippen molar-refractivity contribution in [1.82, 2.24) is 5.32 Å². The van der Waals surface area contributed by atoms with E-state index in [9.17, 15) is 0 Å². The van der Waals surface area contributed by atoms with Gasteiger partial charge in [0, 0.05) is 17.3 Å². The fourth-order valence-corrected chi connectivity index (χ4v) is 2.62. The van der Waals surface area contributed by atoms with E-state index in [1.165, 1.54) is 11.1 Å². The summed E-state index contributed by atoms with van der Waals surface area (Å²) in [5.41, 5.74) is 3.64. The van der Waals surface area contributed by atoms with Crippen molar-refractivity contribution >= 4 is 34.6 Å². The molecular formula is C19H23ClN2S. The number of thiocarbonyl (C=S) groups is 1. The first-order chi connectivity index (χ1) is 11.0. The third kappa shape index (κ3) is 6.20. The maximum absolute atomic E-state index is 5.88. The molecule has 0 atom stereocenters. The molecule has 0 aliphatic rings. The molecule has 23 heavy (non-hydrogen) atoms. The minimum absolute atomic E-state index is 0.544. The Hall–Kier alpha value is -1.58. The largest absolute Gasteiger partial charge is 0.362 e. The smallest absolute Gasteiger partial charge is 0.170 e. The van der Waals surface area contributed by atoms with Gasteiger partial charge in [-0.05, 0) is 66.4 Å². The Labute approximate surface area is 149 Å². The van der Waals surface area contributed by atoms with Crippen LogP contribution in [0.3, 0.4) is 0 Å². The summed E-state index contributed by atoms with van der Waals surface area (Å²) in [7, 11) is 0. The second-order valence-corrected chi connectivity index (χ2v) is 6.73. The molecule has 2 aromatic carbocycles. The highest BCUT2D eigenvalue weighted by atomic mass is 35.5. The summed E-state index contributed by atoms with van der Waals surface area (Å²) in [5, 5.41) is 7.91. The minimum Gasteiger partial charge on any atom is -0.362 e. The lowest BCUT2D eigenvalue weighted by Crippen LogP contribution is -2.29. The van der Waals surface area contributed by atoms with Gasteiger partial charge in [-0.25, -0.2) is 0 Å². The van der Waals surface area contributed by atoms with Gasteiger partial charge in [-0.3, -0.25) is 0 Å². The summed E-state index contributed by atoms with van der Waals surface area (Å²) < 4.78 is 0. The van der Waals surface area contributed by atoms with Crippen LogP contribution < -0.4 is 10.6 Å². The number of aryl methyl sites for hydroxylation is 1. The average molecular weight is 347 g/mol. The highest BCUT2D eigenvalue weighted by Crippen LogP contribution is 2.17. The number of nitrogens with one attached hydrogen (secondary N) is 2. The zero-order valence-corrected chi connectivity index (χ0v) is 15.2. The van der Waals surface area contributed by atoms with E-state index in [0.29, 0.717) is 11.0 Å². The molecule has 2 N–H and O–H groups in total. The maximum atomic E-state index is 5.88. The van der Waals surface area contributed by atoms with Crippen molar-refractivity contribution < 1.29 is 0 Å². The molecule has 2 rings (SSSR count). The van der Waals surface area contributed by atoms with Crippen LogP contribution in [0.4, 0.5) is 5.69 Å². The van der Waals surface area contributed by atoms with Gasteiger partial charge in [0.25, 0.3) is 0 Å². The Morgan fingerprint density at radius 2 is 1.70 bits per heavy atom. The fourth-order valence-electron chi connectivity index (χ4n) is 2.27. The maximum Gasteiger partial charge on any atom is 0.170 e. The van der Waals surface area contributed by atoms with Gasteiger partial charge in [-0.1, -0.05) is 49.7 Å². The molecule has 0 saturated heterocycles. The first-order valence-corrected chi connectivity index (χ1v) is 8.72. The van der Waals surface area contributed by atoms with Crippen LogP contribution in [0.25, 0.3) is 0 Å². The molecule has 0 amide bonds. The Kier molecular flexibility index (Phi) is 6.87. The summed E-state index contributed by atoms with van der Waals surface area (Å²) in [5.74, 6) is 0.544. The predicted octanol–water partition coefficient (Wildman–Crippen LogP) is 5.38. The van der Waals surface area contributed by atoms with Crippen molar-refractivity contribution in [2.24, 2.45) is 0 Å². The lowest BCUT2D eigenvalue weighted by molar-refractivity contribution is 0.777. The summed E-state index contributed by atoms with van der Waals surface area (Å²) >= 11 is 11.2. The summed E-state index contributed by atoms with van der Waals surface area (Å²) in [4.78, 5) is 0. The van der Waals surface area contributed by atoms with Crippen LogP contribution in [0.15, 0.2) is 48.5 Å². The molecule has 0 spiro atoms. The zero-order chi connectivity index (χ0) is 16.7. The molecule has 0 aliphatic carbocycles. The van der Waals surface area contributed by atoms with Crippen LogP contribution in [0.5, 0.6) is 0 Å². The number of hydrogen-bond acceptors (Lipinski definition) is 1. The van der Waals surface area contributed by atoms with E-state index in [-0.39, 0.29) is 0 Å². The fraction of sp³-hybridized carbons (Fsp3) is 0.316. The molecule has 0 heterocycles. The van der Waals surface area contributed by atoms with Crippen molar-refractivity contribution in [2.45, 2.75) is 32.6 Å². The summed E-state index contributed by atoms with van der Waals surface area (Å²) in [6.07, 6.45) is 2.03. The van der Waals surface area contributed by atoms with Gasteiger partial charge in [0.15, 0.2) is 5.11 Å². The molecule has 4 heteroatoms.